The van der Waals surface area contributed by atoms with Gasteiger partial charge in [0.05, 0.1) is 4.90 Å². The molecule has 1 amide bonds. The second-order valence-corrected chi connectivity index (χ2v) is 7.09. The average Bonchev–Trinajstić information content (AvgIpc) is 2.29. The number of rotatable bonds is 5. The fourth-order valence-electron chi connectivity index (χ4n) is 1.69. The smallest absolute Gasteiger partial charge is 0.251 e. The van der Waals surface area contributed by atoms with Crippen LogP contribution in [0.5, 0.6) is 0 Å². The van der Waals surface area contributed by atoms with Gasteiger partial charge in [0.1, 0.15) is 0 Å². The Morgan fingerprint density at radius 2 is 2.00 bits per heavy atom. The van der Waals surface area contributed by atoms with Crippen molar-refractivity contribution in [2.75, 3.05) is 6.54 Å². The number of amides is 1. The largest absolute Gasteiger partial charge is 0.352 e. The van der Waals surface area contributed by atoms with Gasteiger partial charge in [-0.2, -0.15) is 0 Å². The zero-order valence-electron chi connectivity index (χ0n) is 11.7. The molecule has 120 valence electrons. The van der Waals surface area contributed by atoms with Gasteiger partial charge in [0, 0.05) is 22.6 Å². The number of sulfonamides is 1. The van der Waals surface area contributed by atoms with E-state index in [-0.39, 0.29) is 34.8 Å². The van der Waals surface area contributed by atoms with Gasteiger partial charge in [-0.05, 0) is 38.0 Å². The van der Waals surface area contributed by atoms with Gasteiger partial charge in [-0.3, -0.25) is 4.79 Å². The number of nitrogens with one attached hydrogen (secondary N) is 1. The summed E-state index contributed by atoms with van der Waals surface area (Å²) in [6.07, 6.45) is 0.640. The Morgan fingerprint density at radius 1 is 1.43 bits per heavy atom. The third-order valence-electron chi connectivity index (χ3n) is 2.76. The predicted octanol–water partition coefficient (Wildman–Crippen LogP) is 1.29. The average molecular weight is 401 g/mol. The number of benzene rings is 1. The zero-order chi connectivity index (χ0) is 15.5. The molecule has 0 saturated heterocycles. The van der Waals surface area contributed by atoms with Crippen molar-refractivity contribution in [1.29, 1.82) is 0 Å². The predicted molar refractivity (Wildman–Crippen MR) is 88.1 cm³/mol. The van der Waals surface area contributed by atoms with Crippen LogP contribution in [0.4, 0.5) is 0 Å². The van der Waals surface area contributed by atoms with Crippen molar-refractivity contribution in [3.63, 3.8) is 0 Å². The van der Waals surface area contributed by atoms with E-state index in [4.69, 9.17) is 10.9 Å². The van der Waals surface area contributed by atoms with Gasteiger partial charge in [0.25, 0.3) is 5.91 Å². The first-order valence-electron chi connectivity index (χ1n) is 5.99. The molecule has 1 atom stereocenters. The van der Waals surface area contributed by atoms with Crippen molar-refractivity contribution in [1.82, 2.24) is 5.32 Å². The molecule has 0 aliphatic rings. The first-order valence-corrected chi connectivity index (χ1v) is 8.33. The van der Waals surface area contributed by atoms with E-state index in [1.165, 1.54) is 6.07 Å². The summed E-state index contributed by atoms with van der Waals surface area (Å²) in [5.41, 5.74) is 6.20. The normalized spacial score (nSPS) is 12.4. The van der Waals surface area contributed by atoms with Crippen LogP contribution in [-0.4, -0.2) is 26.9 Å². The molecule has 0 aliphatic carbocycles. The highest BCUT2D eigenvalue weighted by molar-refractivity contribution is 9.10. The standard InChI is InChI=1S/C12H18BrN3O3S.ClH/c1-7(14)3-4-16-12(17)10-5-9(13)6-11(8(10)2)20(15,18)19;/h5-7H,3-4,14H2,1-2H3,(H,16,17)(H2,15,18,19);1H. The Bertz CT molecular complexity index is 620. The van der Waals surface area contributed by atoms with Crippen LogP contribution in [-0.2, 0) is 10.0 Å². The number of nitrogens with two attached hydrogens (primary N) is 2. The summed E-state index contributed by atoms with van der Waals surface area (Å²) in [6.45, 7) is 3.81. The molecule has 0 spiro atoms. The van der Waals surface area contributed by atoms with Crippen LogP contribution in [0.15, 0.2) is 21.5 Å². The van der Waals surface area contributed by atoms with Gasteiger partial charge in [-0.15, -0.1) is 12.4 Å². The number of primary sulfonamides is 1. The third kappa shape index (κ3) is 5.91. The maximum Gasteiger partial charge on any atom is 0.251 e. The molecular formula is C12H19BrClN3O3S. The van der Waals surface area contributed by atoms with E-state index < -0.39 is 10.0 Å². The van der Waals surface area contributed by atoms with Crippen molar-refractivity contribution in [2.24, 2.45) is 10.9 Å². The molecule has 0 saturated carbocycles. The summed E-state index contributed by atoms with van der Waals surface area (Å²) >= 11 is 3.18. The highest BCUT2D eigenvalue weighted by Crippen LogP contribution is 2.24. The summed E-state index contributed by atoms with van der Waals surface area (Å²) in [5.74, 6) is -0.352. The number of hydrogen-bond donors (Lipinski definition) is 3. The van der Waals surface area contributed by atoms with E-state index in [1.54, 1.807) is 13.0 Å². The fourth-order valence-corrected chi connectivity index (χ4v) is 3.13. The fraction of sp³-hybridized carbons (Fsp3) is 0.417. The molecule has 6 nitrogen and oxygen atoms in total. The Hall–Kier alpha value is -0.670. The Morgan fingerprint density at radius 3 is 2.48 bits per heavy atom. The second-order valence-electron chi connectivity index (χ2n) is 4.64. The minimum atomic E-state index is -3.88. The molecule has 9 heteroatoms. The minimum absolute atomic E-state index is 0. The quantitative estimate of drug-likeness (QED) is 0.690. The lowest BCUT2D eigenvalue weighted by Gasteiger charge is -2.12. The monoisotopic (exact) mass is 399 g/mol. The van der Waals surface area contributed by atoms with E-state index >= 15 is 0 Å². The third-order valence-corrected chi connectivity index (χ3v) is 4.26. The van der Waals surface area contributed by atoms with E-state index in [1.807, 2.05) is 6.92 Å². The Balaban J connectivity index is 0.00000400. The summed E-state index contributed by atoms with van der Waals surface area (Å²) in [7, 11) is -3.88. The molecule has 1 aromatic rings. The Labute approximate surface area is 139 Å². The van der Waals surface area contributed by atoms with E-state index in [0.717, 1.165) is 0 Å². The first kappa shape index (κ1) is 20.3. The Kier molecular flexibility index (Phi) is 7.83. The highest BCUT2D eigenvalue weighted by atomic mass is 79.9. The molecule has 0 heterocycles. The van der Waals surface area contributed by atoms with Gasteiger partial charge >= 0.3 is 0 Å². The minimum Gasteiger partial charge on any atom is -0.352 e. The van der Waals surface area contributed by atoms with Crippen molar-refractivity contribution >= 4 is 44.3 Å². The lowest BCUT2D eigenvalue weighted by Crippen LogP contribution is -2.29. The van der Waals surface area contributed by atoms with Crippen LogP contribution in [0.25, 0.3) is 0 Å². The van der Waals surface area contributed by atoms with Crippen LogP contribution >= 0.6 is 28.3 Å². The van der Waals surface area contributed by atoms with Crippen molar-refractivity contribution < 1.29 is 13.2 Å². The van der Waals surface area contributed by atoms with Gasteiger partial charge in [0.2, 0.25) is 10.0 Å². The van der Waals surface area contributed by atoms with Crippen molar-refractivity contribution in [3.05, 3.63) is 27.7 Å². The molecule has 1 rings (SSSR count). The first-order chi connectivity index (χ1) is 9.12. The number of carbonyl (C=O) groups is 1. The second kappa shape index (κ2) is 8.09. The lowest BCUT2D eigenvalue weighted by molar-refractivity contribution is 0.0952. The van der Waals surface area contributed by atoms with Gasteiger partial charge in [0.15, 0.2) is 0 Å². The molecule has 21 heavy (non-hydrogen) atoms. The maximum absolute atomic E-state index is 12.1. The molecule has 0 radical (unpaired) electrons. The summed E-state index contributed by atoms with van der Waals surface area (Å²) in [6, 6.07) is 2.92. The van der Waals surface area contributed by atoms with Crippen LogP contribution in [0.1, 0.15) is 29.3 Å². The molecule has 1 unspecified atom stereocenters. The molecule has 5 N–H and O–H groups in total. The number of carbonyl (C=O) groups excluding carboxylic acids is 1. The topological polar surface area (TPSA) is 115 Å². The van der Waals surface area contributed by atoms with E-state index in [0.29, 0.717) is 23.0 Å². The van der Waals surface area contributed by atoms with Crippen molar-refractivity contribution in [2.45, 2.75) is 31.2 Å². The molecule has 0 aromatic heterocycles. The van der Waals surface area contributed by atoms with Gasteiger partial charge < -0.3 is 11.1 Å². The van der Waals surface area contributed by atoms with Crippen LogP contribution in [0, 0.1) is 6.92 Å². The number of hydrogen-bond acceptors (Lipinski definition) is 4. The number of halogens is 2. The molecule has 0 fully saturated rings. The van der Waals surface area contributed by atoms with E-state index in [9.17, 15) is 13.2 Å². The SMILES string of the molecule is Cc1c(C(=O)NCCC(C)N)cc(Br)cc1S(N)(=O)=O.Cl. The van der Waals surface area contributed by atoms with Crippen LogP contribution in [0.2, 0.25) is 0 Å². The van der Waals surface area contributed by atoms with Crippen molar-refractivity contribution in [3.8, 4) is 0 Å². The summed E-state index contributed by atoms with van der Waals surface area (Å²) in [4.78, 5) is 12.0. The van der Waals surface area contributed by atoms with E-state index in [2.05, 4.69) is 21.2 Å². The molecule has 0 bridgehead atoms. The summed E-state index contributed by atoms with van der Waals surface area (Å²) < 4.78 is 23.5. The summed E-state index contributed by atoms with van der Waals surface area (Å²) in [5, 5.41) is 7.84. The molecular weight excluding hydrogens is 382 g/mol. The van der Waals surface area contributed by atoms with Gasteiger partial charge in [-0.1, -0.05) is 15.9 Å². The zero-order valence-corrected chi connectivity index (χ0v) is 14.9. The lowest BCUT2D eigenvalue weighted by atomic mass is 10.1. The highest BCUT2D eigenvalue weighted by Gasteiger charge is 2.19. The maximum atomic E-state index is 12.1. The van der Waals surface area contributed by atoms with Crippen LogP contribution in [0.3, 0.4) is 0 Å². The van der Waals surface area contributed by atoms with Crippen LogP contribution < -0.4 is 16.2 Å². The molecule has 0 aliphatic heterocycles. The van der Waals surface area contributed by atoms with Gasteiger partial charge in [-0.25, -0.2) is 13.6 Å². The molecule has 1 aromatic carbocycles.